The van der Waals surface area contributed by atoms with Crippen LogP contribution in [-0.4, -0.2) is 12.2 Å². The van der Waals surface area contributed by atoms with Gasteiger partial charge in [-0.25, -0.2) is 0 Å². The molecule has 0 N–H and O–H groups in total. The van der Waals surface area contributed by atoms with Gasteiger partial charge in [0.15, 0.2) is 0 Å². The van der Waals surface area contributed by atoms with Gasteiger partial charge >= 0.3 is 0 Å². The van der Waals surface area contributed by atoms with E-state index in [1.807, 2.05) is 18.2 Å². The number of hydrogen-bond acceptors (Lipinski definition) is 1. The lowest BCUT2D eigenvalue weighted by Crippen LogP contribution is -2.26. The largest absolute Gasteiger partial charge is 0.362 e. The summed E-state index contributed by atoms with van der Waals surface area (Å²) in [6, 6.07) is 10.2. The summed E-state index contributed by atoms with van der Waals surface area (Å²) in [5, 5.41) is 0. The van der Waals surface area contributed by atoms with Crippen molar-refractivity contribution in [3.63, 3.8) is 0 Å². The molecule has 21 heavy (non-hydrogen) atoms. The van der Waals surface area contributed by atoms with Crippen LogP contribution in [0, 0.1) is 11.8 Å². The summed E-state index contributed by atoms with van der Waals surface area (Å²) in [5.41, 5.74) is 1.09. The molecule has 0 radical (unpaired) electrons. The van der Waals surface area contributed by atoms with Crippen LogP contribution in [0.25, 0.3) is 0 Å². The number of unbranched alkanes of at least 4 members (excludes halogenated alkanes) is 4. The van der Waals surface area contributed by atoms with Gasteiger partial charge in [0.2, 0.25) is 0 Å². The van der Waals surface area contributed by atoms with Crippen LogP contribution in [0.1, 0.15) is 70.3 Å². The normalized spacial score (nSPS) is 21.6. The maximum Gasteiger partial charge on any atom is 0.118 e. The molecule has 1 aliphatic rings. The van der Waals surface area contributed by atoms with Gasteiger partial charge in [0, 0.05) is 5.56 Å². The Morgan fingerprint density at radius 1 is 1.05 bits per heavy atom. The first-order chi connectivity index (χ1) is 10.4. The first-order valence-electron chi connectivity index (χ1n) is 8.60. The van der Waals surface area contributed by atoms with E-state index >= 15 is 0 Å². The SMILES string of the molecule is CCCCCCC[C@H]1CCC[C@H](C#Cc2ccccc2)O1. The van der Waals surface area contributed by atoms with Crippen molar-refractivity contribution in [1.82, 2.24) is 0 Å². The van der Waals surface area contributed by atoms with Crippen LogP contribution in [0.15, 0.2) is 30.3 Å². The van der Waals surface area contributed by atoms with Gasteiger partial charge in [0.1, 0.15) is 6.10 Å². The van der Waals surface area contributed by atoms with Crippen molar-refractivity contribution >= 4 is 0 Å². The molecule has 0 aromatic heterocycles. The van der Waals surface area contributed by atoms with E-state index in [0.717, 1.165) is 12.0 Å². The Morgan fingerprint density at radius 2 is 1.86 bits per heavy atom. The zero-order valence-electron chi connectivity index (χ0n) is 13.3. The Hall–Kier alpha value is -1.26. The lowest BCUT2D eigenvalue weighted by atomic mass is 9.99. The lowest BCUT2D eigenvalue weighted by Gasteiger charge is -2.27. The number of ether oxygens (including phenoxy) is 1. The summed E-state index contributed by atoms with van der Waals surface area (Å²) in [7, 11) is 0. The Balaban J connectivity index is 1.72. The highest BCUT2D eigenvalue weighted by atomic mass is 16.5. The standard InChI is InChI=1S/C20H28O/c1-2-3-4-5-9-13-19-14-10-15-20(21-19)17-16-18-11-7-6-8-12-18/h6-8,11-12,19-20H,2-5,9-10,13-15H2,1H3/t19-,20+/m0/s1. The fourth-order valence-corrected chi connectivity index (χ4v) is 2.88. The van der Waals surface area contributed by atoms with Crippen LogP contribution in [0.2, 0.25) is 0 Å². The quantitative estimate of drug-likeness (QED) is 0.506. The third-order valence-electron chi connectivity index (χ3n) is 4.13. The number of rotatable bonds is 6. The van der Waals surface area contributed by atoms with Gasteiger partial charge in [-0.15, -0.1) is 0 Å². The second kappa shape index (κ2) is 9.64. The van der Waals surface area contributed by atoms with Crippen molar-refractivity contribution in [1.29, 1.82) is 0 Å². The summed E-state index contributed by atoms with van der Waals surface area (Å²) in [6.07, 6.45) is 12.1. The first kappa shape index (κ1) is 16.1. The monoisotopic (exact) mass is 284 g/mol. The molecular weight excluding hydrogens is 256 g/mol. The molecule has 0 unspecified atom stereocenters. The van der Waals surface area contributed by atoms with Gasteiger partial charge in [-0.05, 0) is 37.8 Å². The number of hydrogen-bond donors (Lipinski definition) is 0. The molecule has 114 valence electrons. The topological polar surface area (TPSA) is 9.23 Å². The van der Waals surface area contributed by atoms with Gasteiger partial charge in [0.05, 0.1) is 6.10 Å². The molecule has 1 aromatic carbocycles. The number of benzene rings is 1. The molecule has 1 aliphatic heterocycles. The first-order valence-corrected chi connectivity index (χ1v) is 8.60. The van der Waals surface area contributed by atoms with Crippen molar-refractivity contribution < 1.29 is 4.74 Å². The molecule has 1 heteroatoms. The van der Waals surface area contributed by atoms with Crippen LogP contribution in [0.4, 0.5) is 0 Å². The van der Waals surface area contributed by atoms with Crippen molar-refractivity contribution in [3.8, 4) is 11.8 Å². The van der Waals surface area contributed by atoms with Crippen molar-refractivity contribution in [3.05, 3.63) is 35.9 Å². The summed E-state index contributed by atoms with van der Waals surface area (Å²) in [4.78, 5) is 0. The summed E-state index contributed by atoms with van der Waals surface area (Å²) in [6.45, 7) is 2.26. The molecule has 2 rings (SSSR count). The van der Waals surface area contributed by atoms with Gasteiger partial charge < -0.3 is 4.74 Å². The summed E-state index contributed by atoms with van der Waals surface area (Å²) < 4.78 is 6.14. The molecule has 2 atom stereocenters. The van der Waals surface area contributed by atoms with Crippen LogP contribution >= 0.6 is 0 Å². The molecule has 1 fully saturated rings. The molecule has 1 saturated heterocycles. The van der Waals surface area contributed by atoms with Gasteiger partial charge in [-0.3, -0.25) is 0 Å². The highest BCUT2D eigenvalue weighted by Crippen LogP contribution is 2.23. The summed E-state index contributed by atoms with van der Waals surface area (Å²) >= 11 is 0. The van der Waals surface area contributed by atoms with Gasteiger partial charge in [-0.1, -0.05) is 69.1 Å². The fourth-order valence-electron chi connectivity index (χ4n) is 2.88. The molecule has 0 bridgehead atoms. The average molecular weight is 284 g/mol. The molecule has 0 spiro atoms. The fraction of sp³-hybridized carbons (Fsp3) is 0.600. The molecule has 0 amide bonds. The smallest absolute Gasteiger partial charge is 0.118 e. The van der Waals surface area contributed by atoms with E-state index in [9.17, 15) is 0 Å². The van der Waals surface area contributed by atoms with E-state index in [-0.39, 0.29) is 6.10 Å². The highest BCUT2D eigenvalue weighted by molar-refractivity contribution is 5.34. The Morgan fingerprint density at radius 3 is 2.67 bits per heavy atom. The third-order valence-corrected chi connectivity index (χ3v) is 4.13. The van der Waals surface area contributed by atoms with Crippen LogP contribution in [0.5, 0.6) is 0 Å². The van der Waals surface area contributed by atoms with Gasteiger partial charge in [-0.2, -0.15) is 0 Å². The maximum absolute atomic E-state index is 6.14. The summed E-state index contributed by atoms with van der Waals surface area (Å²) in [5.74, 6) is 6.55. The molecule has 1 nitrogen and oxygen atoms in total. The van der Waals surface area contributed by atoms with Gasteiger partial charge in [0.25, 0.3) is 0 Å². The molecular formula is C20H28O. The van der Waals surface area contributed by atoms with Crippen LogP contribution in [-0.2, 0) is 4.74 Å². The Labute approximate surface area is 130 Å². The molecule has 0 saturated carbocycles. The van der Waals surface area contributed by atoms with E-state index in [2.05, 4.69) is 30.9 Å². The minimum Gasteiger partial charge on any atom is -0.362 e. The highest BCUT2D eigenvalue weighted by Gasteiger charge is 2.20. The minimum atomic E-state index is 0.139. The zero-order chi connectivity index (χ0) is 14.8. The van der Waals surface area contributed by atoms with Crippen LogP contribution < -0.4 is 0 Å². The second-order valence-corrected chi connectivity index (χ2v) is 6.02. The van der Waals surface area contributed by atoms with Crippen molar-refractivity contribution in [2.45, 2.75) is 76.9 Å². The van der Waals surface area contributed by atoms with Crippen molar-refractivity contribution in [2.75, 3.05) is 0 Å². The predicted molar refractivity (Wildman–Crippen MR) is 89.2 cm³/mol. The lowest BCUT2D eigenvalue weighted by molar-refractivity contribution is -0.0253. The van der Waals surface area contributed by atoms with E-state index in [0.29, 0.717) is 6.10 Å². The third kappa shape index (κ3) is 6.36. The Bertz CT molecular complexity index is 440. The minimum absolute atomic E-state index is 0.139. The molecule has 0 aliphatic carbocycles. The average Bonchev–Trinajstić information content (AvgIpc) is 2.54. The van der Waals surface area contributed by atoms with Crippen LogP contribution in [0.3, 0.4) is 0 Å². The predicted octanol–water partition coefficient (Wildman–Crippen LogP) is 5.34. The van der Waals surface area contributed by atoms with Crippen molar-refractivity contribution in [2.24, 2.45) is 0 Å². The van der Waals surface area contributed by atoms with E-state index in [1.165, 1.54) is 51.4 Å². The van der Waals surface area contributed by atoms with E-state index < -0.39 is 0 Å². The maximum atomic E-state index is 6.14. The van der Waals surface area contributed by atoms with E-state index in [4.69, 9.17) is 4.74 Å². The zero-order valence-corrected chi connectivity index (χ0v) is 13.3. The second-order valence-electron chi connectivity index (χ2n) is 6.02. The molecule has 1 aromatic rings. The van der Waals surface area contributed by atoms with E-state index in [1.54, 1.807) is 0 Å². The molecule has 1 heterocycles. The Kier molecular flexibility index (Phi) is 7.39.